The molecule has 1 aromatic carbocycles. The molecule has 2 heterocycles. The molecule has 0 bridgehead atoms. The Morgan fingerprint density at radius 1 is 1.21 bits per heavy atom. The fourth-order valence-electron chi connectivity index (χ4n) is 3.22. The molecule has 1 fully saturated rings. The Morgan fingerprint density at radius 2 is 2.04 bits per heavy atom. The number of nitrogens with one attached hydrogen (secondary N) is 2. The summed E-state index contributed by atoms with van der Waals surface area (Å²) in [7, 11) is 0. The lowest BCUT2D eigenvalue weighted by molar-refractivity contribution is -0.121. The first-order valence-corrected chi connectivity index (χ1v) is 10.1. The van der Waals surface area contributed by atoms with E-state index in [1.807, 2.05) is 11.4 Å². The molecular weight excluding hydrogens is 374 g/mol. The van der Waals surface area contributed by atoms with Gasteiger partial charge >= 0.3 is 0 Å². The summed E-state index contributed by atoms with van der Waals surface area (Å²) in [6.45, 7) is 4.97. The number of anilines is 1. The van der Waals surface area contributed by atoms with Crippen LogP contribution in [0.3, 0.4) is 0 Å². The van der Waals surface area contributed by atoms with E-state index in [0.717, 1.165) is 6.42 Å². The van der Waals surface area contributed by atoms with Gasteiger partial charge in [-0.1, -0.05) is 24.3 Å². The molecule has 146 valence electrons. The van der Waals surface area contributed by atoms with Crippen molar-refractivity contribution in [3.05, 3.63) is 64.9 Å². The van der Waals surface area contributed by atoms with Crippen LogP contribution in [-0.2, 0) is 4.79 Å². The van der Waals surface area contributed by atoms with Crippen molar-refractivity contribution in [2.75, 3.05) is 25.0 Å². The highest BCUT2D eigenvalue weighted by Gasteiger charge is 2.29. The van der Waals surface area contributed by atoms with E-state index in [9.17, 15) is 14.4 Å². The third-order valence-corrected chi connectivity index (χ3v) is 5.51. The molecule has 0 spiro atoms. The first-order valence-electron chi connectivity index (χ1n) is 9.22. The van der Waals surface area contributed by atoms with Gasteiger partial charge in [-0.05, 0) is 36.4 Å². The second kappa shape index (κ2) is 9.32. The number of para-hydroxylation sites is 1. The SMILES string of the molecule is C=CCNC(=O)c1ccccc1NC(=O)C1CCCN(C(=O)c2cccs2)C1. The number of amides is 3. The number of rotatable bonds is 6. The second-order valence-electron chi connectivity index (χ2n) is 6.60. The average molecular weight is 398 g/mol. The van der Waals surface area contributed by atoms with Crippen LogP contribution in [0.15, 0.2) is 54.4 Å². The maximum Gasteiger partial charge on any atom is 0.263 e. The minimum Gasteiger partial charge on any atom is -0.349 e. The van der Waals surface area contributed by atoms with E-state index in [-0.39, 0.29) is 23.6 Å². The van der Waals surface area contributed by atoms with Gasteiger partial charge in [0.1, 0.15) is 0 Å². The molecule has 6 nitrogen and oxygen atoms in total. The Hall–Kier alpha value is -2.93. The highest BCUT2D eigenvalue weighted by molar-refractivity contribution is 7.12. The van der Waals surface area contributed by atoms with Crippen molar-refractivity contribution in [3.63, 3.8) is 0 Å². The minimum absolute atomic E-state index is 0.0308. The Morgan fingerprint density at radius 3 is 2.79 bits per heavy atom. The van der Waals surface area contributed by atoms with E-state index < -0.39 is 0 Å². The van der Waals surface area contributed by atoms with Gasteiger partial charge in [0.15, 0.2) is 0 Å². The summed E-state index contributed by atoms with van der Waals surface area (Å²) < 4.78 is 0. The largest absolute Gasteiger partial charge is 0.349 e. The van der Waals surface area contributed by atoms with Gasteiger partial charge < -0.3 is 15.5 Å². The number of carbonyl (C=O) groups excluding carboxylic acids is 3. The highest BCUT2D eigenvalue weighted by atomic mass is 32.1. The van der Waals surface area contributed by atoms with Gasteiger partial charge in [0.25, 0.3) is 11.8 Å². The number of piperidine rings is 1. The Labute approximate surface area is 168 Å². The van der Waals surface area contributed by atoms with Gasteiger partial charge in [-0.15, -0.1) is 17.9 Å². The Balaban J connectivity index is 1.67. The lowest BCUT2D eigenvalue weighted by Crippen LogP contribution is -2.43. The van der Waals surface area contributed by atoms with Crippen LogP contribution in [0.2, 0.25) is 0 Å². The molecule has 3 amide bonds. The molecule has 1 aliphatic heterocycles. The van der Waals surface area contributed by atoms with Crippen molar-refractivity contribution in [1.82, 2.24) is 10.2 Å². The molecule has 1 aliphatic rings. The number of benzene rings is 1. The zero-order chi connectivity index (χ0) is 19.9. The van der Waals surface area contributed by atoms with E-state index in [1.165, 1.54) is 11.3 Å². The normalized spacial score (nSPS) is 16.3. The number of nitrogens with zero attached hydrogens (tertiary/aromatic N) is 1. The van der Waals surface area contributed by atoms with Crippen LogP contribution in [0, 0.1) is 5.92 Å². The quantitative estimate of drug-likeness (QED) is 0.735. The molecule has 3 rings (SSSR count). The molecule has 1 aromatic heterocycles. The van der Waals surface area contributed by atoms with Gasteiger partial charge in [-0.25, -0.2) is 0 Å². The van der Waals surface area contributed by atoms with Gasteiger partial charge in [-0.2, -0.15) is 0 Å². The third-order valence-electron chi connectivity index (χ3n) is 4.65. The monoisotopic (exact) mass is 397 g/mol. The molecule has 0 radical (unpaired) electrons. The van der Waals surface area contributed by atoms with Crippen LogP contribution in [0.1, 0.15) is 32.9 Å². The number of carbonyl (C=O) groups is 3. The molecule has 1 atom stereocenters. The van der Waals surface area contributed by atoms with E-state index >= 15 is 0 Å². The van der Waals surface area contributed by atoms with Crippen LogP contribution < -0.4 is 10.6 Å². The number of likely N-dealkylation sites (tertiary alicyclic amines) is 1. The van der Waals surface area contributed by atoms with Crippen molar-refractivity contribution in [1.29, 1.82) is 0 Å². The van der Waals surface area contributed by atoms with Crippen LogP contribution in [0.5, 0.6) is 0 Å². The predicted molar refractivity (Wildman–Crippen MR) is 111 cm³/mol. The van der Waals surface area contributed by atoms with Crippen LogP contribution in [-0.4, -0.2) is 42.3 Å². The smallest absolute Gasteiger partial charge is 0.263 e. The number of hydrogen-bond donors (Lipinski definition) is 2. The summed E-state index contributed by atoms with van der Waals surface area (Å²) in [6, 6.07) is 10.5. The first kappa shape index (κ1) is 19.8. The summed E-state index contributed by atoms with van der Waals surface area (Å²) in [5.41, 5.74) is 0.871. The van der Waals surface area contributed by atoms with Crippen LogP contribution in [0.25, 0.3) is 0 Å². The standard InChI is InChI=1S/C21H23N3O3S/c1-2-11-22-20(26)16-8-3-4-9-17(16)23-19(25)15-7-5-12-24(14-15)21(27)18-10-6-13-28-18/h2-4,6,8-10,13,15H,1,5,7,11-12,14H2,(H,22,26)(H,23,25). The summed E-state index contributed by atoms with van der Waals surface area (Å²) in [4.78, 5) is 40.1. The minimum atomic E-state index is -0.304. The van der Waals surface area contributed by atoms with Gasteiger partial charge in [-0.3, -0.25) is 14.4 Å². The summed E-state index contributed by atoms with van der Waals surface area (Å²) in [6.07, 6.45) is 3.09. The summed E-state index contributed by atoms with van der Waals surface area (Å²) in [5.74, 6) is -0.778. The second-order valence-corrected chi connectivity index (χ2v) is 7.55. The first-order chi connectivity index (χ1) is 13.6. The zero-order valence-electron chi connectivity index (χ0n) is 15.5. The average Bonchev–Trinajstić information content (AvgIpc) is 3.27. The van der Waals surface area contributed by atoms with Crippen molar-refractivity contribution < 1.29 is 14.4 Å². The summed E-state index contributed by atoms with van der Waals surface area (Å²) in [5, 5.41) is 7.46. The maximum absolute atomic E-state index is 12.8. The van der Waals surface area contributed by atoms with Gasteiger partial charge in [0, 0.05) is 19.6 Å². The Kier molecular flexibility index (Phi) is 6.60. The Bertz CT molecular complexity index is 864. The molecule has 0 saturated carbocycles. The molecular formula is C21H23N3O3S. The topological polar surface area (TPSA) is 78.5 Å². The number of hydrogen-bond acceptors (Lipinski definition) is 4. The predicted octanol–water partition coefficient (Wildman–Crippen LogP) is 3.15. The number of thiophene rings is 1. The fourth-order valence-corrected chi connectivity index (χ4v) is 3.91. The summed E-state index contributed by atoms with van der Waals surface area (Å²) >= 11 is 1.41. The lowest BCUT2D eigenvalue weighted by atomic mass is 9.96. The molecule has 2 aromatic rings. The maximum atomic E-state index is 12.8. The van der Waals surface area contributed by atoms with Gasteiger partial charge in [0.2, 0.25) is 5.91 Å². The van der Waals surface area contributed by atoms with Crippen LogP contribution in [0.4, 0.5) is 5.69 Å². The lowest BCUT2D eigenvalue weighted by Gasteiger charge is -2.32. The van der Waals surface area contributed by atoms with E-state index in [0.29, 0.717) is 42.2 Å². The third kappa shape index (κ3) is 4.67. The molecule has 0 aliphatic carbocycles. The zero-order valence-corrected chi connectivity index (χ0v) is 16.3. The van der Waals surface area contributed by atoms with Crippen molar-refractivity contribution >= 4 is 34.7 Å². The van der Waals surface area contributed by atoms with Crippen molar-refractivity contribution in [2.45, 2.75) is 12.8 Å². The van der Waals surface area contributed by atoms with Crippen LogP contribution >= 0.6 is 11.3 Å². The van der Waals surface area contributed by atoms with Crippen molar-refractivity contribution in [3.8, 4) is 0 Å². The molecule has 1 unspecified atom stereocenters. The molecule has 1 saturated heterocycles. The van der Waals surface area contributed by atoms with Gasteiger partial charge in [0.05, 0.1) is 22.0 Å². The molecule has 7 heteroatoms. The van der Waals surface area contributed by atoms with E-state index in [4.69, 9.17) is 0 Å². The highest BCUT2D eigenvalue weighted by Crippen LogP contribution is 2.23. The fraction of sp³-hybridized carbons (Fsp3) is 0.286. The molecule has 2 N–H and O–H groups in total. The van der Waals surface area contributed by atoms with Crippen molar-refractivity contribution in [2.24, 2.45) is 5.92 Å². The van der Waals surface area contributed by atoms with E-state index in [1.54, 1.807) is 41.3 Å². The van der Waals surface area contributed by atoms with E-state index in [2.05, 4.69) is 17.2 Å². The molecule has 28 heavy (non-hydrogen) atoms.